The Morgan fingerprint density at radius 3 is 2.63 bits per heavy atom. The van der Waals surface area contributed by atoms with Crippen LogP contribution in [0.25, 0.3) is 0 Å². The first-order valence-corrected chi connectivity index (χ1v) is 7.68. The zero-order valence-corrected chi connectivity index (χ0v) is 12.6. The lowest BCUT2D eigenvalue weighted by molar-refractivity contribution is -0.143. The molecule has 1 heterocycles. The Hall–Kier alpha value is -0.610. The predicted molar refractivity (Wildman–Crippen MR) is 76.3 cm³/mol. The maximum atomic E-state index is 11.3. The van der Waals surface area contributed by atoms with E-state index in [1.54, 1.807) is 0 Å². The summed E-state index contributed by atoms with van der Waals surface area (Å²) in [5, 5.41) is 9.25. The lowest BCUT2D eigenvalue weighted by Gasteiger charge is -2.32. The quantitative estimate of drug-likeness (QED) is 0.700. The van der Waals surface area contributed by atoms with Crippen molar-refractivity contribution in [3.8, 4) is 0 Å². The van der Waals surface area contributed by atoms with E-state index in [2.05, 4.69) is 25.7 Å². The molecule has 1 saturated heterocycles. The summed E-state index contributed by atoms with van der Waals surface area (Å²) in [6, 6.07) is 0.0539. The minimum Gasteiger partial charge on any atom is -0.481 e. The second-order valence-electron chi connectivity index (χ2n) is 5.55. The van der Waals surface area contributed by atoms with E-state index in [-0.39, 0.29) is 12.0 Å². The number of rotatable bonds is 9. The second kappa shape index (κ2) is 8.54. The van der Waals surface area contributed by atoms with Crippen molar-refractivity contribution in [1.82, 2.24) is 4.90 Å². The molecule has 3 atom stereocenters. The lowest BCUT2D eigenvalue weighted by atomic mass is 9.96. The molecular formula is C15H29NO3. The summed E-state index contributed by atoms with van der Waals surface area (Å²) in [7, 11) is 0. The molecule has 1 fully saturated rings. The van der Waals surface area contributed by atoms with Crippen LogP contribution in [0.3, 0.4) is 0 Å². The molecule has 3 unspecified atom stereocenters. The average molecular weight is 271 g/mol. The van der Waals surface area contributed by atoms with Crippen molar-refractivity contribution in [2.24, 2.45) is 11.8 Å². The SMILES string of the molecule is CCCCC(CC)CN(CC)C1COCC1C(=O)O. The zero-order valence-electron chi connectivity index (χ0n) is 12.6. The monoisotopic (exact) mass is 271 g/mol. The molecule has 0 aromatic heterocycles. The van der Waals surface area contributed by atoms with Crippen molar-refractivity contribution < 1.29 is 14.6 Å². The molecule has 0 bridgehead atoms. The van der Waals surface area contributed by atoms with E-state index in [1.165, 1.54) is 25.7 Å². The third-order valence-electron chi connectivity index (χ3n) is 4.28. The van der Waals surface area contributed by atoms with Gasteiger partial charge in [-0.3, -0.25) is 9.69 Å². The van der Waals surface area contributed by atoms with E-state index in [0.29, 0.717) is 19.1 Å². The van der Waals surface area contributed by atoms with Gasteiger partial charge in [0.25, 0.3) is 0 Å². The molecule has 112 valence electrons. The lowest BCUT2D eigenvalue weighted by Crippen LogP contribution is -2.45. The fourth-order valence-electron chi connectivity index (χ4n) is 2.89. The first kappa shape index (κ1) is 16.4. The molecule has 0 aliphatic carbocycles. The van der Waals surface area contributed by atoms with E-state index in [4.69, 9.17) is 4.74 Å². The van der Waals surface area contributed by atoms with Crippen LogP contribution in [-0.2, 0) is 9.53 Å². The van der Waals surface area contributed by atoms with Crippen LogP contribution in [0.5, 0.6) is 0 Å². The molecule has 0 aromatic carbocycles. The Morgan fingerprint density at radius 2 is 2.11 bits per heavy atom. The van der Waals surface area contributed by atoms with Crippen molar-refractivity contribution in [2.45, 2.75) is 52.5 Å². The summed E-state index contributed by atoms with van der Waals surface area (Å²) in [6.45, 7) is 9.40. The number of carbonyl (C=O) groups is 1. The molecule has 0 spiro atoms. The molecular weight excluding hydrogens is 242 g/mol. The van der Waals surface area contributed by atoms with Crippen molar-refractivity contribution >= 4 is 5.97 Å². The first-order chi connectivity index (χ1) is 9.13. The van der Waals surface area contributed by atoms with Crippen LogP contribution in [-0.4, -0.2) is 48.3 Å². The molecule has 1 rings (SSSR count). The number of hydrogen-bond acceptors (Lipinski definition) is 3. The van der Waals surface area contributed by atoms with Crippen LogP contribution in [0.4, 0.5) is 0 Å². The minimum absolute atomic E-state index is 0.0539. The summed E-state index contributed by atoms with van der Waals surface area (Å²) in [5.74, 6) is -0.402. The fourth-order valence-corrected chi connectivity index (χ4v) is 2.89. The number of likely N-dealkylation sites (N-methyl/N-ethyl adjacent to an activating group) is 1. The number of unbranched alkanes of at least 4 members (excludes halogenated alkanes) is 1. The maximum Gasteiger partial charge on any atom is 0.310 e. The summed E-state index contributed by atoms with van der Waals surface area (Å²) < 4.78 is 5.39. The number of ether oxygens (including phenoxy) is 1. The van der Waals surface area contributed by atoms with Crippen molar-refractivity contribution in [1.29, 1.82) is 0 Å². The van der Waals surface area contributed by atoms with Gasteiger partial charge in [-0.1, -0.05) is 40.0 Å². The highest BCUT2D eigenvalue weighted by Gasteiger charge is 2.37. The minimum atomic E-state index is -0.720. The Labute approximate surface area is 117 Å². The highest BCUT2D eigenvalue weighted by Crippen LogP contribution is 2.23. The Morgan fingerprint density at radius 1 is 1.37 bits per heavy atom. The molecule has 0 radical (unpaired) electrons. The van der Waals surface area contributed by atoms with E-state index < -0.39 is 5.97 Å². The molecule has 4 nitrogen and oxygen atoms in total. The predicted octanol–water partition coefficient (Wildman–Crippen LogP) is 2.62. The first-order valence-electron chi connectivity index (χ1n) is 7.68. The van der Waals surface area contributed by atoms with Gasteiger partial charge in [0.15, 0.2) is 0 Å². The maximum absolute atomic E-state index is 11.3. The third kappa shape index (κ3) is 4.77. The number of hydrogen-bond donors (Lipinski definition) is 1. The molecule has 0 aromatic rings. The smallest absolute Gasteiger partial charge is 0.310 e. The largest absolute Gasteiger partial charge is 0.481 e. The van der Waals surface area contributed by atoms with Crippen LogP contribution in [0.15, 0.2) is 0 Å². The number of carboxylic acid groups (broad SMARTS) is 1. The van der Waals surface area contributed by atoms with E-state index >= 15 is 0 Å². The number of carboxylic acids is 1. The van der Waals surface area contributed by atoms with Crippen LogP contribution < -0.4 is 0 Å². The summed E-state index contributed by atoms with van der Waals surface area (Å²) in [6.07, 6.45) is 4.91. The van der Waals surface area contributed by atoms with E-state index in [1.807, 2.05) is 0 Å². The highest BCUT2D eigenvalue weighted by atomic mass is 16.5. The fraction of sp³-hybridized carbons (Fsp3) is 0.933. The molecule has 0 saturated carbocycles. The molecule has 0 amide bonds. The van der Waals surface area contributed by atoms with Gasteiger partial charge in [-0.05, 0) is 18.9 Å². The van der Waals surface area contributed by atoms with Crippen LogP contribution in [0.2, 0.25) is 0 Å². The second-order valence-corrected chi connectivity index (χ2v) is 5.55. The van der Waals surface area contributed by atoms with Crippen molar-refractivity contribution in [3.05, 3.63) is 0 Å². The van der Waals surface area contributed by atoms with Crippen LogP contribution >= 0.6 is 0 Å². The standard InChI is InChI=1S/C15H29NO3/c1-4-7-8-12(5-2)9-16(6-3)14-11-19-10-13(14)15(17)18/h12-14H,4-11H2,1-3H3,(H,17,18). The highest BCUT2D eigenvalue weighted by molar-refractivity contribution is 5.71. The normalized spacial score (nSPS) is 24.8. The average Bonchev–Trinajstić information content (AvgIpc) is 2.88. The van der Waals surface area contributed by atoms with Gasteiger partial charge < -0.3 is 9.84 Å². The van der Waals surface area contributed by atoms with Crippen molar-refractivity contribution in [2.75, 3.05) is 26.3 Å². The summed E-state index contributed by atoms with van der Waals surface area (Å²) in [5.41, 5.74) is 0. The topological polar surface area (TPSA) is 49.8 Å². The molecule has 4 heteroatoms. The summed E-state index contributed by atoms with van der Waals surface area (Å²) in [4.78, 5) is 13.6. The van der Waals surface area contributed by atoms with Gasteiger partial charge in [-0.25, -0.2) is 0 Å². The molecule has 1 N–H and O–H groups in total. The Kier molecular flexibility index (Phi) is 7.39. The zero-order chi connectivity index (χ0) is 14.3. The molecule has 1 aliphatic heterocycles. The van der Waals surface area contributed by atoms with Gasteiger partial charge in [-0.2, -0.15) is 0 Å². The number of aliphatic carboxylic acids is 1. The van der Waals surface area contributed by atoms with Gasteiger partial charge in [0, 0.05) is 12.6 Å². The van der Waals surface area contributed by atoms with Gasteiger partial charge >= 0.3 is 5.97 Å². The third-order valence-corrected chi connectivity index (χ3v) is 4.28. The van der Waals surface area contributed by atoms with Crippen LogP contribution in [0, 0.1) is 11.8 Å². The molecule has 19 heavy (non-hydrogen) atoms. The number of nitrogens with zero attached hydrogens (tertiary/aromatic N) is 1. The Balaban J connectivity index is 2.58. The van der Waals surface area contributed by atoms with Gasteiger partial charge in [-0.15, -0.1) is 0 Å². The Bertz CT molecular complexity index is 270. The van der Waals surface area contributed by atoms with Gasteiger partial charge in [0.2, 0.25) is 0 Å². The van der Waals surface area contributed by atoms with Gasteiger partial charge in [0.1, 0.15) is 0 Å². The van der Waals surface area contributed by atoms with E-state index in [9.17, 15) is 9.90 Å². The van der Waals surface area contributed by atoms with Gasteiger partial charge in [0.05, 0.1) is 19.1 Å². The van der Waals surface area contributed by atoms with Crippen molar-refractivity contribution in [3.63, 3.8) is 0 Å². The molecule has 1 aliphatic rings. The van der Waals surface area contributed by atoms with E-state index in [0.717, 1.165) is 13.1 Å². The van der Waals surface area contributed by atoms with Crippen LogP contribution in [0.1, 0.15) is 46.5 Å². The summed E-state index contributed by atoms with van der Waals surface area (Å²) >= 11 is 0.